The minimum absolute atomic E-state index is 0.581. The fourth-order valence-electron chi connectivity index (χ4n) is 1.58. The van der Waals surface area contributed by atoms with Crippen LogP contribution in [0.1, 0.15) is 22.5 Å². The van der Waals surface area contributed by atoms with E-state index in [1.807, 2.05) is 20.8 Å². The van der Waals surface area contributed by atoms with Gasteiger partial charge in [-0.3, -0.25) is 0 Å². The molecule has 0 saturated heterocycles. The van der Waals surface area contributed by atoms with Crippen molar-refractivity contribution < 1.29 is 0 Å². The number of aromatic nitrogens is 2. The molecular formula is C14H14N4S. The van der Waals surface area contributed by atoms with Crippen molar-refractivity contribution >= 4 is 17.4 Å². The van der Waals surface area contributed by atoms with Crippen molar-refractivity contribution in [3.8, 4) is 6.07 Å². The molecule has 2 rings (SSSR count). The Morgan fingerprint density at radius 1 is 1.16 bits per heavy atom. The number of benzene rings is 1. The number of rotatable bonds is 2. The Labute approximate surface area is 116 Å². The molecule has 4 nitrogen and oxygen atoms in total. The second-order valence-electron chi connectivity index (χ2n) is 4.27. The maximum atomic E-state index is 8.91. The summed E-state index contributed by atoms with van der Waals surface area (Å²) in [6, 6.07) is 7.29. The van der Waals surface area contributed by atoms with Crippen LogP contribution in [-0.2, 0) is 0 Å². The van der Waals surface area contributed by atoms with Crippen molar-refractivity contribution in [1.29, 1.82) is 5.26 Å². The molecular weight excluding hydrogens is 256 g/mol. The predicted octanol–water partition coefficient (Wildman–Crippen LogP) is 3.01. The number of hydrogen-bond acceptors (Lipinski definition) is 5. The molecule has 1 aromatic carbocycles. The standard InChI is InChI=1S/C14H14N4S/c1-8-9(2)17-14(18-10(8)3)19-13-6-11(7-15)4-5-12(13)16/h4-6H,16H2,1-3H3. The minimum atomic E-state index is 0.581. The summed E-state index contributed by atoms with van der Waals surface area (Å²) in [7, 11) is 0. The van der Waals surface area contributed by atoms with E-state index >= 15 is 0 Å². The van der Waals surface area contributed by atoms with Crippen LogP contribution < -0.4 is 5.73 Å². The summed E-state index contributed by atoms with van der Waals surface area (Å²) in [5.41, 5.74) is 10.1. The molecule has 0 radical (unpaired) electrons. The molecule has 0 aliphatic carbocycles. The fourth-order valence-corrected chi connectivity index (χ4v) is 2.51. The molecule has 0 aliphatic heterocycles. The van der Waals surface area contributed by atoms with E-state index in [9.17, 15) is 0 Å². The maximum absolute atomic E-state index is 8.91. The molecule has 5 heteroatoms. The molecule has 96 valence electrons. The lowest BCUT2D eigenvalue weighted by molar-refractivity contribution is 0.881. The molecule has 0 spiro atoms. The molecule has 0 unspecified atom stereocenters. The van der Waals surface area contributed by atoms with Crippen molar-refractivity contribution in [3.05, 3.63) is 40.7 Å². The molecule has 2 aromatic rings. The Bertz CT molecular complexity index is 651. The van der Waals surface area contributed by atoms with Gasteiger partial charge in [-0.25, -0.2) is 9.97 Å². The molecule has 0 amide bonds. The van der Waals surface area contributed by atoms with Crippen molar-refractivity contribution in [2.24, 2.45) is 0 Å². The summed E-state index contributed by atoms with van der Waals surface area (Å²) in [5, 5.41) is 9.57. The van der Waals surface area contributed by atoms with E-state index in [1.54, 1.807) is 18.2 Å². The van der Waals surface area contributed by atoms with E-state index < -0.39 is 0 Å². The summed E-state index contributed by atoms with van der Waals surface area (Å²) in [5.74, 6) is 0. The van der Waals surface area contributed by atoms with Crippen LogP contribution in [0.3, 0.4) is 0 Å². The van der Waals surface area contributed by atoms with Gasteiger partial charge in [0.05, 0.1) is 11.6 Å². The Morgan fingerprint density at radius 2 is 1.79 bits per heavy atom. The average Bonchev–Trinajstić information content (AvgIpc) is 2.38. The van der Waals surface area contributed by atoms with E-state index in [1.165, 1.54) is 11.8 Å². The van der Waals surface area contributed by atoms with E-state index in [-0.39, 0.29) is 0 Å². The van der Waals surface area contributed by atoms with E-state index in [0.29, 0.717) is 16.4 Å². The lowest BCUT2D eigenvalue weighted by Crippen LogP contribution is -1.98. The summed E-state index contributed by atoms with van der Waals surface area (Å²) in [6.07, 6.45) is 0. The number of nitrogen functional groups attached to an aromatic ring is 1. The molecule has 0 fully saturated rings. The molecule has 0 bridgehead atoms. The normalized spacial score (nSPS) is 10.2. The zero-order valence-corrected chi connectivity index (χ0v) is 11.9. The van der Waals surface area contributed by atoms with Gasteiger partial charge >= 0.3 is 0 Å². The lowest BCUT2D eigenvalue weighted by atomic mass is 10.2. The molecule has 1 aromatic heterocycles. The first-order valence-corrected chi connectivity index (χ1v) is 6.62. The van der Waals surface area contributed by atoms with Gasteiger partial charge in [0.1, 0.15) is 0 Å². The number of hydrogen-bond donors (Lipinski definition) is 1. The second-order valence-corrected chi connectivity index (χ2v) is 5.28. The largest absolute Gasteiger partial charge is 0.398 e. The summed E-state index contributed by atoms with van der Waals surface area (Å²) in [6.45, 7) is 5.93. The third kappa shape index (κ3) is 2.85. The van der Waals surface area contributed by atoms with Gasteiger partial charge in [0, 0.05) is 22.0 Å². The van der Waals surface area contributed by atoms with Crippen LogP contribution in [0, 0.1) is 32.1 Å². The van der Waals surface area contributed by atoms with Crippen molar-refractivity contribution in [3.63, 3.8) is 0 Å². The van der Waals surface area contributed by atoms with Gasteiger partial charge < -0.3 is 5.73 Å². The first-order chi connectivity index (χ1) is 9.01. The molecule has 1 heterocycles. The van der Waals surface area contributed by atoms with Crippen LogP contribution in [0.2, 0.25) is 0 Å². The van der Waals surface area contributed by atoms with E-state index in [0.717, 1.165) is 21.8 Å². The SMILES string of the molecule is Cc1nc(Sc2cc(C#N)ccc2N)nc(C)c1C. The Kier molecular flexibility index (Phi) is 3.72. The van der Waals surface area contributed by atoms with Gasteiger partial charge in [-0.15, -0.1) is 0 Å². The highest BCUT2D eigenvalue weighted by Gasteiger charge is 2.09. The highest BCUT2D eigenvalue weighted by atomic mass is 32.2. The third-order valence-electron chi connectivity index (χ3n) is 2.96. The van der Waals surface area contributed by atoms with Crippen LogP contribution in [0.4, 0.5) is 5.69 Å². The van der Waals surface area contributed by atoms with Gasteiger partial charge in [-0.1, -0.05) is 0 Å². The minimum Gasteiger partial charge on any atom is -0.398 e. The summed E-state index contributed by atoms with van der Waals surface area (Å²) >= 11 is 1.38. The number of anilines is 1. The van der Waals surface area contributed by atoms with Crippen LogP contribution >= 0.6 is 11.8 Å². The number of nitrogens with two attached hydrogens (primary N) is 1. The van der Waals surface area contributed by atoms with Gasteiger partial charge in [0.15, 0.2) is 5.16 Å². The van der Waals surface area contributed by atoms with Gasteiger partial charge in [0.25, 0.3) is 0 Å². The molecule has 0 aliphatic rings. The quantitative estimate of drug-likeness (QED) is 0.670. The van der Waals surface area contributed by atoms with Gasteiger partial charge in [-0.05, 0) is 56.3 Å². The lowest BCUT2D eigenvalue weighted by Gasteiger charge is -2.08. The van der Waals surface area contributed by atoms with Crippen molar-refractivity contribution in [1.82, 2.24) is 9.97 Å². The molecule has 19 heavy (non-hydrogen) atoms. The Balaban J connectivity index is 2.39. The highest BCUT2D eigenvalue weighted by Crippen LogP contribution is 2.31. The van der Waals surface area contributed by atoms with Gasteiger partial charge in [0.2, 0.25) is 0 Å². The van der Waals surface area contributed by atoms with Crippen molar-refractivity contribution in [2.45, 2.75) is 30.8 Å². The first kappa shape index (κ1) is 13.4. The van der Waals surface area contributed by atoms with E-state index in [2.05, 4.69) is 16.0 Å². The zero-order chi connectivity index (χ0) is 14.0. The van der Waals surface area contributed by atoms with Crippen LogP contribution in [0.15, 0.2) is 28.3 Å². The number of nitriles is 1. The monoisotopic (exact) mass is 270 g/mol. The van der Waals surface area contributed by atoms with Crippen LogP contribution in [0.5, 0.6) is 0 Å². The fraction of sp³-hybridized carbons (Fsp3) is 0.214. The molecule has 2 N–H and O–H groups in total. The smallest absolute Gasteiger partial charge is 0.192 e. The number of nitrogens with zero attached hydrogens (tertiary/aromatic N) is 3. The maximum Gasteiger partial charge on any atom is 0.192 e. The highest BCUT2D eigenvalue weighted by molar-refractivity contribution is 7.99. The first-order valence-electron chi connectivity index (χ1n) is 5.80. The van der Waals surface area contributed by atoms with Crippen molar-refractivity contribution in [2.75, 3.05) is 5.73 Å². The number of aryl methyl sites for hydroxylation is 2. The predicted molar refractivity (Wildman–Crippen MR) is 75.9 cm³/mol. The van der Waals surface area contributed by atoms with Crippen LogP contribution in [-0.4, -0.2) is 9.97 Å². The Hall–Kier alpha value is -2.06. The van der Waals surface area contributed by atoms with E-state index in [4.69, 9.17) is 11.0 Å². The average molecular weight is 270 g/mol. The molecule has 0 atom stereocenters. The zero-order valence-electron chi connectivity index (χ0n) is 11.1. The van der Waals surface area contributed by atoms with Gasteiger partial charge in [-0.2, -0.15) is 5.26 Å². The molecule has 0 saturated carbocycles. The summed E-state index contributed by atoms with van der Waals surface area (Å²) in [4.78, 5) is 9.68. The third-order valence-corrected chi connectivity index (χ3v) is 3.89. The van der Waals surface area contributed by atoms with Crippen LogP contribution in [0.25, 0.3) is 0 Å². The second kappa shape index (κ2) is 5.29. The topological polar surface area (TPSA) is 75.6 Å². The Morgan fingerprint density at radius 3 is 2.37 bits per heavy atom. The summed E-state index contributed by atoms with van der Waals surface area (Å²) < 4.78 is 0.